The van der Waals surface area contributed by atoms with E-state index in [0.717, 1.165) is 107 Å². The van der Waals surface area contributed by atoms with E-state index in [4.69, 9.17) is 22.9 Å². The molecule has 0 bridgehead atoms. The van der Waals surface area contributed by atoms with Crippen LogP contribution in [-0.4, -0.2) is 181 Å². The topological polar surface area (TPSA) is 403 Å². The number of anilines is 12. The normalized spacial score (nSPS) is 15.4. The molecule has 3 amide bonds. The van der Waals surface area contributed by atoms with Crippen LogP contribution in [0, 0.1) is 0 Å². The number of aromatic nitrogens is 16. The summed E-state index contributed by atoms with van der Waals surface area (Å²) in [6, 6.07) is 63.7. The largest absolute Gasteiger partial charge is 0.368 e. The SMILES string of the molecule is CC1CCCCN1CCCNC(=O)c1ccc(Nc2nc(N)n(-c3ccccn3)n2)cc1.Nc1nc(Nc2ccc(C(=O)N3CCCC3)cc2)nn1-c1ccccn1.Nc1nc(Nc2ccc(C(=O)N3CCCCC3)cc2)nn1-c1ccccn1.Nc1nc(Nc2ccc(C3CCN(Cc4ccccc4)C3)cc2)nn1-c1ccccn1. The molecule has 17 rings (SSSR count). The van der Waals surface area contributed by atoms with Crippen molar-refractivity contribution in [3.05, 3.63) is 253 Å². The van der Waals surface area contributed by atoms with Crippen LogP contribution in [0.3, 0.4) is 0 Å². The Morgan fingerprint density at radius 3 is 1.16 bits per heavy atom. The zero-order chi connectivity index (χ0) is 80.0. The van der Waals surface area contributed by atoms with Gasteiger partial charge in [-0.25, -0.2) is 19.9 Å². The Kier molecular flexibility index (Phi) is 26.1. The van der Waals surface area contributed by atoms with E-state index in [-0.39, 0.29) is 35.6 Å². The van der Waals surface area contributed by atoms with Gasteiger partial charge < -0.3 is 64.2 Å². The Labute approximate surface area is 671 Å². The molecule has 4 fully saturated rings. The molecule has 594 valence electrons. The second-order valence-electron chi connectivity index (χ2n) is 28.5. The van der Waals surface area contributed by atoms with Crippen LogP contribution in [0.5, 0.6) is 0 Å². The molecule has 4 saturated heterocycles. The minimum absolute atomic E-state index is 0.0648. The van der Waals surface area contributed by atoms with Crippen LogP contribution in [0.1, 0.15) is 119 Å². The highest BCUT2D eigenvalue weighted by atomic mass is 16.2. The van der Waals surface area contributed by atoms with E-state index < -0.39 is 0 Å². The fourth-order valence-corrected chi connectivity index (χ4v) is 14.1. The monoisotopic (exact) mass is 1560 g/mol. The Morgan fingerprint density at radius 1 is 0.397 bits per heavy atom. The number of amides is 3. The van der Waals surface area contributed by atoms with E-state index in [2.05, 4.69) is 158 Å². The lowest BCUT2D eigenvalue weighted by Gasteiger charge is -2.33. The van der Waals surface area contributed by atoms with Gasteiger partial charge in [0.05, 0.1) is 0 Å². The fourth-order valence-electron chi connectivity index (χ4n) is 14.1. The first-order valence-corrected chi connectivity index (χ1v) is 39.2. The van der Waals surface area contributed by atoms with E-state index in [0.29, 0.717) is 88.2 Å². The number of nitrogens with one attached hydrogen (secondary N) is 5. The number of nitrogens with two attached hydrogens (primary N) is 4. The molecular formula is C84H95N29O3. The van der Waals surface area contributed by atoms with Crippen molar-refractivity contribution >= 4 is 88.1 Å². The van der Waals surface area contributed by atoms with Gasteiger partial charge in [0.15, 0.2) is 23.3 Å². The standard InChI is InChI=1S/C24H25N7.C23H30N8O.C19H21N7O.C18H19N7O/c25-23-28-24(29-31(23)22-8-4-5-14-26-22)27-21-11-9-19(10-12-21)20-13-15-30(17-20)16-18-6-2-1-3-7-18;1-17-7-3-5-15-30(17)16-6-14-26-21(32)18-9-11-19(12-10-18)27-23-28-22(24)31(29-23)20-8-2-4-13-25-20;20-18-23-19(24-26(18)16-6-2-3-11-21-16)22-15-9-7-14(8-10-15)17(27)25-12-4-1-5-13-25;19-17-22-18(23-25(17)15-5-1-2-10-20-15)21-14-8-6-13(7-9-14)16(26)24-11-3-4-12-24/h1-12,14,20H,13,15-17H2,(H3,25,27,28,29);2,4,8-13,17H,3,5-7,14-16H2,1H3,(H,26,32)(H3,24,27,28,29);2-3,6-11H,1,4-5,12-13H2,(H3,20,22,23,24);1-2,5-10H,3-4,11-12H2,(H3,19,21,22,23). The summed E-state index contributed by atoms with van der Waals surface area (Å²) in [6.45, 7) is 11.8. The summed E-state index contributed by atoms with van der Waals surface area (Å²) in [6.07, 6.45) is 18.3. The number of piperidine rings is 2. The van der Waals surface area contributed by atoms with Crippen molar-refractivity contribution < 1.29 is 14.4 Å². The zero-order valence-corrected chi connectivity index (χ0v) is 64.6. The third-order valence-electron chi connectivity index (χ3n) is 20.2. The molecule has 13 aromatic rings. The lowest BCUT2D eigenvalue weighted by atomic mass is 9.98. The molecule has 5 aromatic carbocycles. The number of hydrogen-bond donors (Lipinski definition) is 9. The zero-order valence-electron chi connectivity index (χ0n) is 64.6. The summed E-state index contributed by atoms with van der Waals surface area (Å²) in [5, 5.41) is 33.0. The quantitative estimate of drug-likeness (QED) is 0.0285. The Hall–Kier alpha value is -14.0. The summed E-state index contributed by atoms with van der Waals surface area (Å²) in [5.41, 5.74) is 31.8. The van der Waals surface area contributed by atoms with Crippen LogP contribution in [0.25, 0.3) is 23.3 Å². The first kappa shape index (κ1) is 78.7. The molecule has 2 unspecified atom stereocenters. The van der Waals surface area contributed by atoms with Crippen LogP contribution in [0.2, 0.25) is 0 Å². The van der Waals surface area contributed by atoms with Gasteiger partial charge in [-0.1, -0.05) is 73.2 Å². The summed E-state index contributed by atoms with van der Waals surface area (Å²) in [7, 11) is 0. The van der Waals surface area contributed by atoms with Crippen LogP contribution >= 0.6 is 0 Å². The maximum absolute atomic E-state index is 12.5. The summed E-state index contributed by atoms with van der Waals surface area (Å²) in [5.74, 6) is 5.64. The van der Waals surface area contributed by atoms with Gasteiger partial charge in [0.1, 0.15) is 0 Å². The van der Waals surface area contributed by atoms with E-state index in [1.165, 1.54) is 68.5 Å². The highest BCUT2D eigenvalue weighted by molar-refractivity contribution is 5.96. The average molecular weight is 1560 g/mol. The lowest BCUT2D eigenvalue weighted by molar-refractivity contribution is 0.0723. The number of benzene rings is 5. The van der Waals surface area contributed by atoms with Crippen molar-refractivity contribution in [2.75, 3.05) is 103 Å². The van der Waals surface area contributed by atoms with Crippen molar-refractivity contribution in [3.63, 3.8) is 0 Å². The maximum atomic E-state index is 12.5. The Bertz CT molecular complexity index is 5280. The molecule has 0 aliphatic carbocycles. The third-order valence-corrected chi connectivity index (χ3v) is 20.2. The van der Waals surface area contributed by atoms with E-state index in [1.54, 1.807) is 55.1 Å². The van der Waals surface area contributed by atoms with Crippen LogP contribution in [0.15, 0.2) is 225 Å². The summed E-state index contributed by atoms with van der Waals surface area (Å²) in [4.78, 5) is 80.1. The van der Waals surface area contributed by atoms with E-state index in [1.807, 2.05) is 125 Å². The van der Waals surface area contributed by atoms with E-state index in [9.17, 15) is 14.4 Å². The van der Waals surface area contributed by atoms with Crippen LogP contribution in [0.4, 0.5) is 70.3 Å². The van der Waals surface area contributed by atoms with Crippen LogP contribution in [-0.2, 0) is 6.54 Å². The highest BCUT2D eigenvalue weighted by Gasteiger charge is 2.26. The predicted molar refractivity (Wildman–Crippen MR) is 449 cm³/mol. The number of likely N-dealkylation sites (tertiary alicyclic amines) is 4. The number of nitrogens with zero attached hydrogens (tertiary/aromatic N) is 20. The molecule has 8 aromatic heterocycles. The van der Waals surface area contributed by atoms with Gasteiger partial charge in [-0.05, 0) is 228 Å². The molecule has 116 heavy (non-hydrogen) atoms. The van der Waals surface area contributed by atoms with Crippen LogP contribution < -0.4 is 49.5 Å². The summed E-state index contributed by atoms with van der Waals surface area (Å²) < 4.78 is 5.93. The smallest absolute Gasteiger partial charge is 0.253 e. The molecule has 32 heteroatoms. The molecule has 32 nitrogen and oxygen atoms in total. The minimum Gasteiger partial charge on any atom is -0.368 e. The number of carbonyl (C=O) groups excluding carboxylic acids is 3. The molecule has 12 heterocycles. The second-order valence-corrected chi connectivity index (χ2v) is 28.5. The van der Waals surface area contributed by atoms with E-state index >= 15 is 0 Å². The third kappa shape index (κ3) is 21.0. The minimum atomic E-state index is -0.0648. The highest BCUT2D eigenvalue weighted by Crippen LogP contribution is 2.31. The Balaban J connectivity index is 0.000000128. The Morgan fingerprint density at radius 2 is 0.767 bits per heavy atom. The van der Waals surface area contributed by atoms with Crippen molar-refractivity contribution in [2.45, 2.75) is 89.6 Å². The molecule has 0 spiro atoms. The van der Waals surface area contributed by atoms with Gasteiger partial charge in [-0.15, -0.1) is 20.4 Å². The lowest BCUT2D eigenvalue weighted by Crippen LogP contribution is -2.39. The van der Waals surface area contributed by atoms with Gasteiger partial charge in [0.2, 0.25) is 47.6 Å². The fraction of sp³-hybridized carbons (Fsp3) is 0.274. The van der Waals surface area contributed by atoms with Gasteiger partial charge in [-0.3, -0.25) is 19.3 Å². The van der Waals surface area contributed by atoms with Gasteiger partial charge >= 0.3 is 0 Å². The van der Waals surface area contributed by atoms with Crippen molar-refractivity contribution in [2.24, 2.45) is 0 Å². The number of nitrogen functional groups attached to an aromatic ring is 4. The van der Waals surface area contributed by atoms with Gasteiger partial charge in [-0.2, -0.15) is 38.7 Å². The van der Waals surface area contributed by atoms with Crippen molar-refractivity contribution in [1.82, 2.24) is 104 Å². The number of pyridine rings is 4. The average Bonchev–Trinajstić information content (AvgIpc) is 1.70. The second kappa shape index (κ2) is 38.5. The van der Waals surface area contributed by atoms with Gasteiger partial charge in [0, 0.05) is 123 Å². The van der Waals surface area contributed by atoms with Gasteiger partial charge in [0.25, 0.3) is 17.7 Å². The predicted octanol–water partition coefficient (Wildman–Crippen LogP) is 11.8. The molecular weight excluding hydrogens is 1460 g/mol. The molecule has 0 saturated carbocycles. The maximum Gasteiger partial charge on any atom is 0.253 e. The molecule has 2 atom stereocenters. The van der Waals surface area contributed by atoms with Crippen molar-refractivity contribution in [1.29, 1.82) is 0 Å². The van der Waals surface area contributed by atoms with Crippen molar-refractivity contribution in [3.8, 4) is 23.3 Å². The first-order valence-electron chi connectivity index (χ1n) is 39.2. The number of carbonyl (C=O) groups is 3. The summed E-state index contributed by atoms with van der Waals surface area (Å²) >= 11 is 0. The molecule has 4 aliphatic rings. The number of rotatable bonds is 22. The molecule has 4 aliphatic heterocycles. The number of hydrogen-bond acceptors (Lipinski definition) is 25. The molecule has 13 N–H and O–H groups in total. The first-order chi connectivity index (χ1) is 56.7. The molecule has 0 radical (unpaired) electrons.